The SMILES string of the molecule is CC(C)N1CC(C)(C)Oc2c(F)cc(-c3nc(Nc4ccc(NC5CCOC5)cn4)ncc3F)cc21. The van der Waals surface area contributed by atoms with Crippen LogP contribution in [0.3, 0.4) is 0 Å². The van der Waals surface area contributed by atoms with Crippen molar-refractivity contribution in [2.24, 2.45) is 0 Å². The maximum absolute atomic E-state index is 15.2. The molecule has 0 saturated carbocycles. The molecule has 0 radical (unpaired) electrons. The average Bonchev–Trinajstić information content (AvgIpc) is 3.34. The number of pyridine rings is 1. The van der Waals surface area contributed by atoms with Crippen LogP contribution in [0.25, 0.3) is 11.3 Å². The third-order valence-corrected chi connectivity index (χ3v) is 6.21. The van der Waals surface area contributed by atoms with Gasteiger partial charge in [0.25, 0.3) is 0 Å². The van der Waals surface area contributed by atoms with E-state index in [2.05, 4.69) is 30.5 Å². The van der Waals surface area contributed by atoms with Gasteiger partial charge in [-0.3, -0.25) is 0 Å². The van der Waals surface area contributed by atoms with Crippen LogP contribution in [0, 0.1) is 11.6 Å². The van der Waals surface area contributed by atoms with Crippen molar-refractivity contribution in [2.75, 3.05) is 35.3 Å². The minimum Gasteiger partial charge on any atom is -0.481 e. The predicted octanol–water partition coefficient (Wildman–Crippen LogP) is 5.15. The van der Waals surface area contributed by atoms with Gasteiger partial charge in [-0.2, -0.15) is 0 Å². The van der Waals surface area contributed by atoms with E-state index in [1.807, 2.05) is 33.8 Å². The van der Waals surface area contributed by atoms with Gasteiger partial charge in [-0.05, 0) is 58.4 Å². The zero-order valence-corrected chi connectivity index (χ0v) is 20.8. The van der Waals surface area contributed by atoms with Crippen molar-refractivity contribution < 1.29 is 18.3 Å². The van der Waals surface area contributed by atoms with Gasteiger partial charge in [-0.25, -0.2) is 23.7 Å². The first-order valence-electron chi connectivity index (χ1n) is 12.1. The fraction of sp³-hybridized carbons (Fsp3) is 0.423. The van der Waals surface area contributed by atoms with Crippen LogP contribution in [0.15, 0.2) is 36.7 Å². The quantitative estimate of drug-likeness (QED) is 0.485. The van der Waals surface area contributed by atoms with E-state index in [0.717, 1.165) is 24.9 Å². The number of aromatic nitrogens is 3. The van der Waals surface area contributed by atoms with E-state index in [1.165, 1.54) is 6.07 Å². The summed E-state index contributed by atoms with van der Waals surface area (Å²) < 4.78 is 41.3. The van der Waals surface area contributed by atoms with Crippen molar-refractivity contribution in [1.29, 1.82) is 0 Å². The second-order valence-electron chi connectivity index (χ2n) is 10.0. The Bertz CT molecular complexity index is 1250. The number of hydrogen-bond acceptors (Lipinski definition) is 8. The molecule has 0 aliphatic carbocycles. The summed E-state index contributed by atoms with van der Waals surface area (Å²) in [5.41, 5.74) is 1.18. The number of nitrogens with one attached hydrogen (secondary N) is 2. The molecule has 5 rings (SSSR count). The molecule has 0 spiro atoms. The molecule has 3 aromatic rings. The highest BCUT2D eigenvalue weighted by molar-refractivity contribution is 5.73. The highest BCUT2D eigenvalue weighted by Crippen LogP contribution is 2.43. The van der Waals surface area contributed by atoms with Crippen molar-refractivity contribution >= 4 is 23.1 Å². The van der Waals surface area contributed by atoms with Gasteiger partial charge in [0.15, 0.2) is 17.4 Å². The van der Waals surface area contributed by atoms with Crippen LogP contribution in [0.4, 0.5) is 31.9 Å². The molecule has 8 nitrogen and oxygen atoms in total. The molecule has 10 heteroatoms. The normalized spacial score (nSPS) is 18.6. The molecular formula is C26H30F2N6O2. The highest BCUT2D eigenvalue weighted by atomic mass is 19.1. The Morgan fingerprint density at radius 1 is 1.11 bits per heavy atom. The minimum atomic E-state index is -0.653. The lowest BCUT2D eigenvalue weighted by Gasteiger charge is -2.43. The molecule has 190 valence electrons. The van der Waals surface area contributed by atoms with E-state index in [-0.39, 0.29) is 29.5 Å². The first-order valence-corrected chi connectivity index (χ1v) is 12.1. The molecule has 4 heterocycles. The Morgan fingerprint density at radius 2 is 1.94 bits per heavy atom. The molecule has 1 atom stereocenters. The molecule has 1 unspecified atom stereocenters. The lowest BCUT2D eigenvalue weighted by atomic mass is 10.0. The van der Waals surface area contributed by atoms with Crippen molar-refractivity contribution in [3.8, 4) is 17.0 Å². The molecule has 1 fully saturated rings. The van der Waals surface area contributed by atoms with Crippen LogP contribution in [0.5, 0.6) is 5.75 Å². The molecule has 2 aliphatic rings. The first-order chi connectivity index (χ1) is 17.2. The van der Waals surface area contributed by atoms with Gasteiger partial charge in [-0.1, -0.05) is 0 Å². The number of benzene rings is 1. The highest BCUT2D eigenvalue weighted by Gasteiger charge is 2.35. The molecule has 2 N–H and O–H groups in total. The predicted molar refractivity (Wildman–Crippen MR) is 135 cm³/mol. The first kappa shape index (κ1) is 24.2. The standard InChI is InChI=1S/C26H30F2N6O2/c1-15(2)34-14-26(3,4)36-24-19(27)9-16(10-21(24)34)23-20(28)12-30-25(33-23)32-22-6-5-17(11-29-22)31-18-7-8-35-13-18/h5-6,9-12,15,18,31H,7-8,13-14H2,1-4H3,(H,29,30,32,33). The molecule has 0 amide bonds. The molecule has 2 aromatic heterocycles. The van der Waals surface area contributed by atoms with Gasteiger partial charge in [-0.15, -0.1) is 0 Å². The van der Waals surface area contributed by atoms with E-state index in [1.54, 1.807) is 18.3 Å². The number of anilines is 4. The Balaban J connectivity index is 1.41. The molecular weight excluding hydrogens is 466 g/mol. The van der Waals surface area contributed by atoms with Crippen LogP contribution in [0.2, 0.25) is 0 Å². The largest absolute Gasteiger partial charge is 0.481 e. The van der Waals surface area contributed by atoms with E-state index in [0.29, 0.717) is 30.2 Å². The number of nitrogens with zero attached hydrogens (tertiary/aromatic N) is 4. The maximum Gasteiger partial charge on any atom is 0.229 e. The van der Waals surface area contributed by atoms with Gasteiger partial charge in [0.1, 0.15) is 17.1 Å². The zero-order valence-electron chi connectivity index (χ0n) is 20.8. The maximum atomic E-state index is 15.2. The number of ether oxygens (including phenoxy) is 2. The second-order valence-corrected chi connectivity index (χ2v) is 10.0. The Hall–Kier alpha value is -3.53. The summed E-state index contributed by atoms with van der Waals surface area (Å²) in [5.74, 6) is -0.400. The van der Waals surface area contributed by atoms with Crippen LogP contribution >= 0.6 is 0 Å². The fourth-order valence-corrected chi connectivity index (χ4v) is 4.48. The van der Waals surface area contributed by atoms with E-state index < -0.39 is 17.2 Å². The Morgan fingerprint density at radius 3 is 2.64 bits per heavy atom. The van der Waals surface area contributed by atoms with Crippen LogP contribution in [-0.4, -0.2) is 52.4 Å². The minimum absolute atomic E-state index is 0.0118. The van der Waals surface area contributed by atoms with Gasteiger partial charge in [0.05, 0.1) is 43.0 Å². The van der Waals surface area contributed by atoms with E-state index in [4.69, 9.17) is 9.47 Å². The summed E-state index contributed by atoms with van der Waals surface area (Å²) in [4.78, 5) is 14.8. The molecule has 1 saturated heterocycles. The van der Waals surface area contributed by atoms with Gasteiger partial charge >= 0.3 is 0 Å². The number of rotatable bonds is 6. The summed E-state index contributed by atoms with van der Waals surface area (Å²) in [6, 6.07) is 7.00. The summed E-state index contributed by atoms with van der Waals surface area (Å²) in [6.45, 7) is 9.89. The molecule has 0 bridgehead atoms. The third-order valence-electron chi connectivity index (χ3n) is 6.21. The second kappa shape index (κ2) is 9.50. The lowest BCUT2D eigenvalue weighted by Crippen LogP contribution is -2.49. The van der Waals surface area contributed by atoms with Crippen LogP contribution in [0.1, 0.15) is 34.1 Å². The third kappa shape index (κ3) is 5.04. The summed E-state index contributed by atoms with van der Waals surface area (Å²) in [7, 11) is 0. The number of fused-ring (bicyclic) bond motifs is 1. The Labute approximate surface area is 209 Å². The van der Waals surface area contributed by atoms with Crippen LogP contribution < -0.4 is 20.3 Å². The fourth-order valence-electron chi connectivity index (χ4n) is 4.48. The lowest BCUT2D eigenvalue weighted by molar-refractivity contribution is 0.0967. The molecule has 2 aliphatic heterocycles. The van der Waals surface area contributed by atoms with Gasteiger partial charge in [0, 0.05) is 18.2 Å². The van der Waals surface area contributed by atoms with E-state index in [9.17, 15) is 4.39 Å². The van der Waals surface area contributed by atoms with E-state index >= 15 is 4.39 Å². The topological polar surface area (TPSA) is 84.4 Å². The average molecular weight is 497 g/mol. The monoisotopic (exact) mass is 496 g/mol. The number of halogens is 2. The van der Waals surface area contributed by atoms with Crippen molar-refractivity contribution in [3.63, 3.8) is 0 Å². The van der Waals surface area contributed by atoms with Gasteiger partial charge in [0.2, 0.25) is 5.95 Å². The Kier molecular flexibility index (Phi) is 6.38. The summed E-state index contributed by atoms with van der Waals surface area (Å²) in [5, 5.41) is 6.37. The van der Waals surface area contributed by atoms with Crippen molar-refractivity contribution in [2.45, 2.75) is 51.8 Å². The summed E-state index contributed by atoms with van der Waals surface area (Å²) >= 11 is 0. The van der Waals surface area contributed by atoms with Crippen molar-refractivity contribution in [3.05, 3.63) is 48.3 Å². The van der Waals surface area contributed by atoms with Crippen molar-refractivity contribution in [1.82, 2.24) is 15.0 Å². The smallest absolute Gasteiger partial charge is 0.229 e. The zero-order chi connectivity index (χ0) is 25.4. The van der Waals surface area contributed by atoms with Gasteiger partial charge < -0.3 is 25.0 Å². The molecule has 1 aromatic carbocycles. The van der Waals surface area contributed by atoms with Crippen LogP contribution in [-0.2, 0) is 4.74 Å². The number of hydrogen-bond donors (Lipinski definition) is 2. The molecule has 36 heavy (non-hydrogen) atoms. The summed E-state index contributed by atoms with van der Waals surface area (Å²) in [6.07, 6.45) is 3.72.